The van der Waals surface area contributed by atoms with Crippen LogP contribution in [0.1, 0.15) is 11.1 Å². The molecule has 3 rings (SSSR count). The molecule has 0 aromatic heterocycles. The zero-order valence-corrected chi connectivity index (χ0v) is 12.6. The normalized spacial score (nSPS) is 16.1. The molecule has 1 aliphatic heterocycles. The first-order chi connectivity index (χ1) is 9.72. The highest BCUT2D eigenvalue weighted by atomic mass is 127. The molecule has 3 nitrogen and oxygen atoms in total. The Morgan fingerprint density at radius 2 is 1.85 bits per heavy atom. The molecule has 0 saturated heterocycles. The molecule has 0 atom stereocenters. The van der Waals surface area contributed by atoms with Crippen LogP contribution in [-0.4, -0.2) is 11.9 Å². The van der Waals surface area contributed by atoms with Gasteiger partial charge in [0.1, 0.15) is 0 Å². The summed E-state index contributed by atoms with van der Waals surface area (Å²) in [4.78, 5) is 16.1. The van der Waals surface area contributed by atoms with Crippen LogP contribution in [0.25, 0.3) is 6.08 Å². The molecule has 0 unspecified atom stereocenters. The van der Waals surface area contributed by atoms with Crippen molar-refractivity contribution in [1.82, 2.24) is 0 Å². The molecule has 4 heteroatoms. The molecule has 0 radical (unpaired) electrons. The first kappa shape index (κ1) is 13.1. The lowest BCUT2D eigenvalue weighted by molar-refractivity contribution is -0.129. The van der Waals surface area contributed by atoms with E-state index in [4.69, 9.17) is 4.74 Å². The van der Waals surface area contributed by atoms with Crippen molar-refractivity contribution in [1.29, 1.82) is 0 Å². The fourth-order valence-corrected chi connectivity index (χ4v) is 2.43. The Morgan fingerprint density at radius 1 is 1.05 bits per heavy atom. The quantitative estimate of drug-likeness (QED) is 0.457. The molecule has 0 spiro atoms. The van der Waals surface area contributed by atoms with E-state index in [1.807, 2.05) is 54.6 Å². The topological polar surface area (TPSA) is 38.7 Å². The van der Waals surface area contributed by atoms with Crippen LogP contribution in [0.4, 0.5) is 0 Å². The molecule has 2 aromatic carbocycles. The predicted molar refractivity (Wildman–Crippen MR) is 86.2 cm³/mol. The van der Waals surface area contributed by atoms with Crippen molar-refractivity contribution in [2.24, 2.45) is 4.99 Å². The number of nitrogens with zero attached hydrogens (tertiary/aromatic N) is 1. The van der Waals surface area contributed by atoms with E-state index < -0.39 is 5.97 Å². The maximum absolute atomic E-state index is 11.8. The van der Waals surface area contributed by atoms with Gasteiger partial charge in [-0.3, -0.25) is 0 Å². The van der Waals surface area contributed by atoms with Crippen LogP contribution in [0.2, 0.25) is 0 Å². The highest BCUT2D eigenvalue weighted by Crippen LogP contribution is 2.19. The average molecular weight is 375 g/mol. The molecule has 0 aliphatic carbocycles. The van der Waals surface area contributed by atoms with Crippen molar-refractivity contribution >= 4 is 40.5 Å². The third-order valence-electron chi connectivity index (χ3n) is 2.79. The maximum Gasteiger partial charge on any atom is 0.363 e. The Morgan fingerprint density at radius 3 is 2.60 bits per heavy atom. The molecule has 1 aliphatic rings. The van der Waals surface area contributed by atoms with E-state index in [-0.39, 0.29) is 0 Å². The van der Waals surface area contributed by atoms with E-state index in [1.165, 1.54) is 0 Å². The maximum atomic E-state index is 11.8. The van der Waals surface area contributed by atoms with Gasteiger partial charge in [-0.25, -0.2) is 9.79 Å². The van der Waals surface area contributed by atoms with E-state index in [9.17, 15) is 4.79 Å². The van der Waals surface area contributed by atoms with Gasteiger partial charge in [-0.1, -0.05) is 30.3 Å². The fourth-order valence-electron chi connectivity index (χ4n) is 1.87. The van der Waals surface area contributed by atoms with Gasteiger partial charge < -0.3 is 4.74 Å². The summed E-state index contributed by atoms with van der Waals surface area (Å²) < 4.78 is 6.31. The van der Waals surface area contributed by atoms with E-state index in [0.717, 1.165) is 14.7 Å². The lowest BCUT2D eigenvalue weighted by atomic mass is 10.2. The van der Waals surface area contributed by atoms with Crippen molar-refractivity contribution in [3.05, 3.63) is 75.0 Å². The first-order valence-electron chi connectivity index (χ1n) is 6.06. The highest BCUT2D eigenvalue weighted by Gasteiger charge is 2.23. The fraction of sp³-hybridized carbons (Fsp3) is 0. The summed E-state index contributed by atoms with van der Waals surface area (Å²) in [6.07, 6.45) is 1.74. The summed E-state index contributed by atoms with van der Waals surface area (Å²) in [6, 6.07) is 17.2. The number of aliphatic imine (C=N–C) groups is 1. The van der Waals surface area contributed by atoms with Gasteiger partial charge in [0.15, 0.2) is 5.70 Å². The Balaban J connectivity index is 1.95. The molecule has 20 heavy (non-hydrogen) atoms. The van der Waals surface area contributed by atoms with Crippen LogP contribution in [-0.2, 0) is 9.53 Å². The second-order valence-corrected chi connectivity index (χ2v) is 5.50. The van der Waals surface area contributed by atoms with E-state index in [1.54, 1.807) is 6.08 Å². The van der Waals surface area contributed by atoms with Gasteiger partial charge in [0.05, 0.1) is 0 Å². The van der Waals surface area contributed by atoms with E-state index in [2.05, 4.69) is 27.6 Å². The van der Waals surface area contributed by atoms with Crippen molar-refractivity contribution in [2.45, 2.75) is 0 Å². The summed E-state index contributed by atoms with van der Waals surface area (Å²) in [5.41, 5.74) is 2.06. The second-order valence-electron chi connectivity index (χ2n) is 4.26. The third-order valence-corrected chi connectivity index (χ3v) is 3.46. The highest BCUT2D eigenvalue weighted by molar-refractivity contribution is 14.1. The van der Waals surface area contributed by atoms with Gasteiger partial charge in [-0.15, -0.1) is 0 Å². The minimum atomic E-state index is -0.414. The molecular formula is C16H10INO2. The lowest BCUT2D eigenvalue weighted by Gasteiger charge is -1.97. The minimum Gasteiger partial charge on any atom is -0.402 e. The summed E-state index contributed by atoms with van der Waals surface area (Å²) in [6.45, 7) is 0. The van der Waals surface area contributed by atoms with E-state index in [0.29, 0.717) is 11.6 Å². The molecule has 0 fully saturated rings. The molecule has 0 amide bonds. The molecule has 2 aromatic rings. The van der Waals surface area contributed by atoms with Crippen molar-refractivity contribution in [2.75, 3.05) is 0 Å². The van der Waals surface area contributed by atoms with Crippen LogP contribution in [0.3, 0.4) is 0 Å². The predicted octanol–water partition coefficient (Wildman–Crippen LogP) is 3.64. The number of cyclic esters (lactones) is 1. The van der Waals surface area contributed by atoms with Gasteiger partial charge in [0, 0.05) is 9.13 Å². The SMILES string of the molecule is O=C1OC(c2ccccc2)=N/C1=C\c1cccc(I)c1. The number of benzene rings is 2. The number of carbonyl (C=O) groups is 1. The minimum absolute atomic E-state index is 0.325. The summed E-state index contributed by atoms with van der Waals surface area (Å²) in [7, 11) is 0. The largest absolute Gasteiger partial charge is 0.402 e. The number of halogens is 1. The van der Waals surface area contributed by atoms with Crippen molar-refractivity contribution < 1.29 is 9.53 Å². The Labute approximate surface area is 130 Å². The number of hydrogen-bond acceptors (Lipinski definition) is 3. The molecule has 1 heterocycles. The molecular weight excluding hydrogens is 365 g/mol. The van der Waals surface area contributed by atoms with Gasteiger partial charge in [-0.05, 0) is 58.5 Å². The van der Waals surface area contributed by atoms with Crippen LogP contribution < -0.4 is 0 Å². The Bertz CT molecular complexity index is 720. The van der Waals surface area contributed by atoms with Gasteiger partial charge in [-0.2, -0.15) is 0 Å². The number of ether oxygens (including phenoxy) is 1. The summed E-state index contributed by atoms with van der Waals surface area (Å²) in [5.74, 6) is -0.0600. The summed E-state index contributed by atoms with van der Waals surface area (Å²) >= 11 is 2.23. The van der Waals surface area contributed by atoms with Crippen LogP contribution in [0, 0.1) is 3.57 Å². The zero-order chi connectivity index (χ0) is 13.9. The second kappa shape index (κ2) is 5.58. The van der Waals surface area contributed by atoms with Gasteiger partial charge in [0.25, 0.3) is 0 Å². The zero-order valence-electron chi connectivity index (χ0n) is 10.4. The molecule has 98 valence electrons. The van der Waals surface area contributed by atoms with Crippen LogP contribution in [0.15, 0.2) is 65.3 Å². The molecule has 0 N–H and O–H groups in total. The Kier molecular flexibility index (Phi) is 3.64. The van der Waals surface area contributed by atoms with E-state index >= 15 is 0 Å². The van der Waals surface area contributed by atoms with Crippen LogP contribution >= 0.6 is 22.6 Å². The smallest absolute Gasteiger partial charge is 0.363 e. The molecule has 0 bridgehead atoms. The summed E-state index contributed by atoms with van der Waals surface area (Å²) in [5, 5.41) is 0. The van der Waals surface area contributed by atoms with Crippen molar-refractivity contribution in [3.8, 4) is 0 Å². The van der Waals surface area contributed by atoms with Crippen LogP contribution in [0.5, 0.6) is 0 Å². The lowest BCUT2D eigenvalue weighted by Crippen LogP contribution is -2.04. The first-order valence-corrected chi connectivity index (χ1v) is 7.14. The van der Waals surface area contributed by atoms with Gasteiger partial charge in [0.2, 0.25) is 5.90 Å². The Hall–Kier alpha value is -1.95. The monoisotopic (exact) mass is 375 g/mol. The van der Waals surface area contributed by atoms with Crippen molar-refractivity contribution in [3.63, 3.8) is 0 Å². The number of carbonyl (C=O) groups excluding carboxylic acids is 1. The third kappa shape index (κ3) is 2.80. The number of hydrogen-bond donors (Lipinski definition) is 0. The number of esters is 1. The number of rotatable bonds is 2. The average Bonchev–Trinajstić information content (AvgIpc) is 2.81. The molecule has 0 saturated carbocycles. The van der Waals surface area contributed by atoms with Gasteiger partial charge >= 0.3 is 5.97 Å². The standard InChI is InChI=1S/C16H10INO2/c17-13-8-4-5-11(9-13)10-14-16(19)20-15(18-14)12-6-2-1-3-7-12/h1-10H/b14-10-.